The number of guanidine groups is 1. The number of carbonyl (C=O) groups is 2. The zero-order chi connectivity index (χ0) is 14.1. The van der Waals surface area contributed by atoms with Gasteiger partial charge in [-0.05, 0) is 19.8 Å². The molecule has 0 aliphatic carbocycles. The molecular formula is C9H18N4O5. The van der Waals surface area contributed by atoms with Gasteiger partial charge in [0.1, 0.15) is 6.04 Å². The number of aliphatic hydroxyl groups excluding tert-OH is 1. The molecule has 0 rings (SSSR count). The Hall–Kier alpha value is -1.87. The number of nitrogens with zero attached hydrogens (tertiary/aromatic N) is 1. The van der Waals surface area contributed by atoms with Crippen LogP contribution >= 0.6 is 0 Å². The zero-order valence-corrected chi connectivity index (χ0v) is 10.0. The van der Waals surface area contributed by atoms with Gasteiger partial charge in [-0.25, -0.2) is 19.4 Å². The maximum atomic E-state index is 11.2. The van der Waals surface area contributed by atoms with Gasteiger partial charge in [0.15, 0.2) is 12.1 Å². The van der Waals surface area contributed by atoms with E-state index in [1.807, 2.05) is 0 Å². The Morgan fingerprint density at radius 3 is 2.33 bits per heavy atom. The van der Waals surface area contributed by atoms with Crippen LogP contribution in [0.25, 0.3) is 0 Å². The van der Waals surface area contributed by atoms with Crippen molar-refractivity contribution in [1.82, 2.24) is 0 Å². The van der Waals surface area contributed by atoms with Crippen molar-refractivity contribution in [3.05, 3.63) is 0 Å². The van der Waals surface area contributed by atoms with Crippen LogP contribution in [0, 0.1) is 0 Å². The van der Waals surface area contributed by atoms with E-state index in [4.69, 9.17) is 22.3 Å². The molecule has 0 amide bonds. The number of aliphatic imine (C=N–C) groups is 1. The molecule has 0 heterocycles. The highest BCUT2D eigenvalue weighted by Gasteiger charge is 2.19. The standard InChI is InChI=1S/C9H18N4O5/c1-5(14)7(15)17-18-8(16)6(10)3-2-4-13-9(11)12/h5-6,14H,2-4,10H2,1H3,(H4,11,12,13)/t5?,6-/m0/s1. The quantitative estimate of drug-likeness (QED) is 0.137. The van der Waals surface area contributed by atoms with Crippen LogP contribution < -0.4 is 17.2 Å². The van der Waals surface area contributed by atoms with Crippen LogP contribution in [0.3, 0.4) is 0 Å². The van der Waals surface area contributed by atoms with Gasteiger partial charge in [0.2, 0.25) is 0 Å². The van der Waals surface area contributed by atoms with E-state index < -0.39 is 24.1 Å². The minimum absolute atomic E-state index is 0.0444. The lowest BCUT2D eigenvalue weighted by Gasteiger charge is -2.09. The lowest BCUT2D eigenvalue weighted by atomic mass is 10.2. The first-order chi connectivity index (χ1) is 8.34. The average molecular weight is 262 g/mol. The molecule has 0 aromatic rings. The van der Waals surface area contributed by atoms with Crippen LogP contribution in [0.5, 0.6) is 0 Å². The summed E-state index contributed by atoms with van der Waals surface area (Å²) in [5.41, 5.74) is 15.7. The fraction of sp³-hybridized carbons (Fsp3) is 0.667. The summed E-state index contributed by atoms with van der Waals surface area (Å²) in [6, 6.07) is -0.957. The summed E-state index contributed by atoms with van der Waals surface area (Å²) in [4.78, 5) is 33.9. The predicted octanol–water partition coefficient (Wildman–Crippen LogP) is -2.25. The fourth-order valence-corrected chi connectivity index (χ4v) is 0.851. The van der Waals surface area contributed by atoms with E-state index in [0.29, 0.717) is 13.0 Å². The second-order valence-electron chi connectivity index (χ2n) is 3.54. The number of carbonyl (C=O) groups excluding carboxylic acids is 2. The molecule has 7 N–H and O–H groups in total. The molecule has 0 aromatic heterocycles. The van der Waals surface area contributed by atoms with Gasteiger partial charge in [-0.3, -0.25) is 4.99 Å². The van der Waals surface area contributed by atoms with E-state index in [0.717, 1.165) is 0 Å². The second-order valence-corrected chi connectivity index (χ2v) is 3.54. The second kappa shape index (κ2) is 8.25. The van der Waals surface area contributed by atoms with E-state index in [9.17, 15) is 9.59 Å². The zero-order valence-electron chi connectivity index (χ0n) is 10.0. The van der Waals surface area contributed by atoms with E-state index in [2.05, 4.69) is 14.8 Å². The lowest BCUT2D eigenvalue weighted by molar-refractivity contribution is -0.264. The molecule has 0 spiro atoms. The Labute approximate surface area is 104 Å². The molecule has 0 fully saturated rings. The topological polar surface area (TPSA) is 163 Å². The van der Waals surface area contributed by atoms with E-state index in [-0.39, 0.29) is 12.4 Å². The third-order valence-electron chi connectivity index (χ3n) is 1.82. The molecule has 2 atom stereocenters. The smallest absolute Gasteiger partial charge is 0.382 e. The lowest BCUT2D eigenvalue weighted by Crippen LogP contribution is -2.34. The molecule has 0 radical (unpaired) electrons. The maximum absolute atomic E-state index is 11.2. The molecule has 18 heavy (non-hydrogen) atoms. The van der Waals surface area contributed by atoms with Crippen molar-refractivity contribution in [2.24, 2.45) is 22.2 Å². The Morgan fingerprint density at radius 2 is 1.83 bits per heavy atom. The average Bonchev–Trinajstić information content (AvgIpc) is 2.30. The number of hydrogen-bond acceptors (Lipinski definition) is 7. The molecular weight excluding hydrogens is 244 g/mol. The van der Waals surface area contributed by atoms with Crippen LogP contribution in [0.1, 0.15) is 19.8 Å². The number of rotatable bonds is 6. The van der Waals surface area contributed by atoms with Crippen LogP contribution in [0.4, 0.5) is 0 Å². The molecule has 9 heteroatoms. The molecule has 9 nitrogen and oxygen atoms in total. The normalized spacial score (nSPS) is 13.3. The van der Waals surface area contributed by atoms with Crippen LogP contribution in [-0.2, 0) is 19.4 Å². The molecule has 0 bridgehead atoms. The molecule has 0 aliphatic heterocycles. The molecule has 0 saturated heterocycles. The van der Waals surface area contributed by atoms with Crippen molar-refractivity contribution >= 4 is 17.9 Å². The third kappa shape index (κ3) is 7.41. The van der Waals surface area contributed by atoms with Crippen molar-refractivity contribution in [3.8, 4) is 0 Å². The van der Waals surface area contributed by atoms with Gasteiger partial charge >= 0.3 is 11.9 Å². The van der Waals surface area contributed by atoms with Crippen molar-refractivity contribution in [1.29, 1.82) is 0 Å². The minimum atomic E-state index is -1.38. The summed E-state index contributed by atoms with van der Waals surface area (Å²) in [5.74, 6) is -2.03. The van der Waals surface area contributed by atoms with Gasteiger partial charge in [-0.15, -0.1) is 0 Å². The Kier molecular flexibility index (Phi) is 7.40. The monoisotopic (exact) mass is 262 g/mol. The summed E-state index contributed by atoms with van der Waals surface area (Å²) >= 11 is 0. The summed E-state index contributed by atoms with van der Waals surface area (Å²) in [6.45, 7) is 1.50. The summed E-state index contributed by atoms with van der Waals surface area (Å²) in [7, 11) is 0. The van der Waals surface area contributed by atoms with Gasteiger partial charge in [0.05, 0.1) is 0 Å². The predicted molar refractivity (Wildman–Crippen MR) is 61.8 cm³/mol. The van der Waals surface area contributed by atoms with Crippen molar-refractivity contribution in [2.45, 2.75) is 31.9 Å². The van der Waals surface area contributed by atoms with Crippen molar-refractivity contribution in [3.63, 3.8) is 0 Å². The van der Waals surface area contributed by atoms with Gasteiger partial charge in [-0.2, -0.15) is 0 Å². The fourth-order valence-electron chi connectivity index (χ4n) is 0.851. The van der Waals surface area contributed by atoms with E-state index >= 15 is 0 Å². The van der Waals surface area contributed by atoms with Crippen LogP contribution in [-0.4, -0.2) is 41.7 Å². The number of aliphatic hydroxyl groups is 1. The highest BCUT2D eigenvalue weighted by molar-refractivity contribution is 5.78. The molecule has 0 aliphatic rings. The highest BCUT2D eigenvalue weighted by atomic mass is 17.2. The van der Waals surface area contributed by atoms with Gasteiger partial charge in [0.25, 0.3) is 0 Å². The number of hydrogen-bond donors (Lipinski definition) is 4. The van der Waals surface area contributed by atoms with Crippen molar-refractivity contribution < 1.29 is 24.5 Å². The van der Waals surface area contributed by atoms with Gasteiger partial charge < -0.3 is 22.3 Å². The van der Waals surface area contributed by atoms with Crippen molar-refractivity contribution in [2.75, 3.05) is 6.54 Å². The Bertz CT molecular complexity index is 314. The Morgan fingerprint density at radius 1 is 1.28 bits per heavy atom. The van der Waals surface area contributed by atoms with Gasteiger partial charge in [-0.1, -0.05) is 0 Å². The Balaban J connectivity index is 3.83. The highest BCUT2D eigenvalue weighted by Crippen LogP contribution is 1.99. The first kappa shape index (κ1) is 16.1. The van der Waals surface area contributed by atoms with Crippen LogP contribution in [0.2, 0.25) is 0 Å². The molecule has 0 saturated carbocycles. The van der Waals surface area contributed by atoms with E-state index in [1.165, 1.54) is 6.92 Å². The SMILES string of the molecule is CC(O)C(=O)OOC(=O)[C@@H](N)CCCN=C(N)N. The summed E-state index contributed by atoms with van der Waals surface area (Å²) in [5, 5.41) is 8.76. The molecule has 104 valence electrons. The summed E-state index contributed by atoms with van der Waals surface area (Å²) < 4.78 is 0. The first-order valence-corrected chi connectivity index (χ1v) is 5.25. The first-order valence-electron chi connectivity index (χ1n) is 5.25. The third-order valence-corrected chi connectivity index (χ3v) is 1.82. The van der Waals surface area contributed by atoms with E-state index in [1.54, 1.807) is 0 Å². The largest absolute Gasteiger partial charge is 0.383 e. The molecule has 0 aromatic carbocycles. The summed E-state index contributed by atoms with van der Waals surface area (Å²) in [6.07, 6.45) is -0.642. The minimum Gasteiger partial charge on any atom is -0.382 e. The number of nitrogens with two attached hydrogens (primary N) is 3. The molecule has 1 unspecified atom stereocenters. The maximum Gasteiger partial charge on any atom is 0.383 e. The van der Waals surface area contributed by atoms with Crippen LogP contribution in [0.15, 0.2) is 4.99 Å². The van der Waals surface area contributed by atoms with Gasteiger partial charge in [0, 0.05) is 6.54 Å².